The summed E-state index contributed by atoms with van der Waals surface area (Å²) in [4.78, 5) is 56.5. The quantitative estimate of drug-likeness (QED) is 0.0998. The van der Waals surface area contributed by atoms with Gasteiger partial charge >= 0.3 is 5.97 Å². The molecular formula is C32H32N7O7S2+. The van der Waals surface area contributed by atoms with Gasteiger partial charge in [0.1, 0.15) is 49.3 Å². The molecule has 14 nitrogen and oxygen atoms in total. The van der Waals surface area contributed by atoms with Gasteiger partial charge in [-0.1, -0.05) is 28.5 Å². The largest absolute Gasteiger partial charge is 0.497 e. The van der Waals surface area contributed by atoms with E-state index in [2.05, 4.69) is 20.6 Å². The van der Waals surface area contributed by atoms with Crippen molar-refractivity contribution in [2.75, 3.05) is 25.7 Å². The van der Waals surface area contributed by atoms with Gasteiger partial charge < -0.3 is 30.2 Å². The molecule has 3 atom stereocenters. The summed E-state index contributed by atoms with van der Waals surface area (Å²) in [6.45, 7) is -0.0191. The molecule has 1 saturated heterocycles. The first-order valence-corrected chi connectivity index (χ1v) is 16.7. The van der Waals surface area contributed by atoms with Crippen LogP contribution in [0.5, 0.6) is 5.75 Å². The highest BCUT2D eigenvalue weighted by Gasteiger charge is 2.54. The summed E-state index contributed by atoms with van der Waals surface area (Å²) < 4.78 is 12.8. The lowest BCUT2D eigenvalue weighted by Crippen LogP contribution is -2.71. The number of nitrogens with one attached hydrogen (secondary N) is 1. The maximum atomic E-state index is 13.7. The van der Waals surface area contributed by atoms with Crippen LogP contribution >= 0.6 is 23.1 Å². The number of benzene rings is 1. The van der Waals surface area contributed by atoms with Gasteiger partial charge in [-0.3, -0.25) is 14.5 Å². The maximum absolute atomic E-state index is 13.7. The molecule has 48 heavy (non-hydrogen) atoms. The Balaban J connectivity index is 1.20. The molecular weight excluding hydrogens is 659 g/mol. The second-order valence-electron chi connectivity index (χ2n) is 10.8. The van der Waals surface area contributed by atoms with E-state index >= 15 is 0 Å². The number of esters is 1. The smallest absolute Gasteiger partial charge is 0.355 e. The number of amides is 2. The third kappa shape index (κ3) is 6.89. The number of nitrogen functional groups attached to an aromatic ring is 1. The van der Waals surface area contributed by atoms with Crippen molar-refractivity contribution in [3.63, 3.8) is 0 Å². The Bertz CT molecular complexity index is 1840. The van der Waals surface area contributed by atoms with Crippen molar-refractivity contribution in [2.45, 2.75) is 30.5 Å². The molecule has 0 saturated carbocycles. The molecule has 3 aliphatic heterocycles. The average Bonchev–Trinajstić information content (AvgIpc) is 3.76. The molecule has 0 spiro atoms. The minimum absolute atomic E-state index is 0.0191. The number of rotatable bonds is 11. The third-order valence-electron chi connectivity index (χ3n) is 7.69. The van der Waals surface area contributed by atoms with Crippen molar-refractivity contribution in [1.82, 2.24) is 15.2 Å². The fraction of sp³-hybridized carbons (Fsp3) is 0.281. The van der Waals surface area contributed by atoms with Crippen LogP contribution in [0.25, 0.3) is 0 Å². The van der Waals surface area contributed by atoms with Gasteiger partial charge in [0.05, 0.1) is 12.8 Å². The van der Waals surface area contributed by atoms with Crippen LogP contribution in [0.1, 0.15) is 23.2 Å². The van der Waals surface area contributed by atoms with Crippen molar-refractivity contribution in [2.24, 2.45) is 17.4 Å². The lowest BCUT2D eigenvalue weighted by atomic mass is 10.0. The van der Waals surface area contributed by atoms with Crippen LogP contribution in [0.4, 0.5) is 5.13 Å². The normalized spacial score (nSPS) is 20.5. The van der Waals surface area contributed by atoms with E-state index in [1.54, 1.807) is 42.8 Å². The molecule has 1 fully saturated rings. The van der Waals surface area contributed by atoms with Crippen LogP contribution in [0, 0.1) is 0 Å². The molecule has 0 radical (unpaired) electrons. The van der Waals surface area contributed by atoms with E-state index in [1.165, 1.54) is 23.8 Å². The molecule has 3 aliphatic rings. The van der Waals surface area contributed by atoms with E-state index in [1.807, 2.05) is 42.2 Å². The molecule has 16 heteroatoms. The summed E-state index contributed by atoms with van der Waals surface area (Å²) in [6.07, 6.45) is 7.64. The molecule has 3 aromatic rings. The van der Waals surface area contributed by atoms with Crippen molar-refractivity contribution in [3.8, 4) is 5.75 Å². The molecule has 248 valence electrons. The number of carbonyl (C=O) groups excluding carboxylic acids is 3. The molecule has 1 unspecified atom stereocenters. The first kappa shape index (κ1) is 32.7. The van der Waals surface area contributed by atoms with Crippen LogP contribution in [0.2, 0.25) is 0 Å². The van der Waals surface area contributed by atoms with Gasteiger partial charge in [0.2, 0.25) is 0 Å². The highest BCUT2D eigenvalue weighted by atomic mass is 32.2. The van der Waals surface area contributed by atoms with Gasteiger partial charge in [-0.05, 0) is 29.3 Å². The van der Waals surface area contributed by atoms with Crippen LogP contribution in [0.3, 0.4) is 0 Å². The Labute approximate surface area is 283 Å². The van der Waals surface area contributed by atoms with Gasteiger partial charge in [0.25, 0.3) is 11.8 Å². The molecule has 0 bridgehead atoms. The van der Waals surface area contributed by atoms with Gasteiger partial charge in [-0.15, -0.1) is 23.1 Å². The van der Waals surface area contributed by atoms with Crippen LogP contribution in [-0.2, 0) is 42.5 Å². The summed E-state index contributed by atoms with van der Waals surface area (Å²) in [7, 11) is 4.80. The first-order valence-electron chi connectivity index (χ1n) is 14.7. The fourth-order valence-corrected chi connectivity index (χ4v) is 7.05. The summed E-state index contributed by atoms with van der Waals surface area (Å²) >= 11 is 2.54. The van der Waals surface area contributed by atoms with Crippen molar-refractivity contribution in [3.05, 3.63) is 94.4 Å². The number of ether oxygens (including phenoxy) is 2. The highest BCUT2D eigenvalue weighted by Crippen LogP contribution is 2.41. The lowest BCUT2D eigenvalue weighted by molar-refractivity contribution is -0.671. The van der Waals surface area contributed by atoms with E-state index < -0.39 is 29.2 Å². The number of fused-ring (bicyclic) bond motifs is 1. The molecule has 2 amide bonds. The summed E-state index contributed by atoms with van der Waals surface area (Å²) in [5.74, 6) is -0.777. The number of nitrogens with zero attached hydrogens (tertiary/aromatic N) is 5. The van der Waals surface area contributed by atoms with E-state index in [-0.39, 0.29) is 34.9 Å². The topological polar surface area (TPSA) is 171 Å². The predicted molar refractivity (Wildman–Crippen MR) is 178 cm³/mol. The summed E-state index contributed by atoms with van der Waals surface area (Å²) in [5.41, 5.74) is 9.02. The lowest BCUT2D eigenvalue weighted by Gasteiger charge is -2.49. The third-order valence-corrected chi connectivity index (χ3v) is 9.66. The summed E-state index contributed by atoms with van der Waals surface area (Å²) in [5, 5.41) is 12.0. The number of nitrogens with two attached hydrogens (primary N) is 1. The standard InChI is InChI=1S/C32H31N7O7S2/c1-38-12-10-19(11-13-38)23-14-22(46-36-23)9-6-20-16-47-30-26(35-28(40)25(37-44-3)24-17-48-32(33)34-24)29(41)39(30)27(20)31(42)45-15-18-4-7-21(43-2)8-5-18/h4-13,17,22,26,30H,14-16H2,1-3H3,(H2-,33,34,35,40)/p+1/b9-6+,37-25-/t22?,26-,30-/m1/s1. The zero-order valence-corrected chi connectivity index (χ0v) is 27.8. The van der Waals surface area contributed by atoms with Crippen LogP contribution in [-0.4, -0.2) is 76.6 Å². The predicted octanol–water partition coefficient (Wildman–Crippen LogP) is 2.06. The van der Waals surface area contributed by atoms with Gasteiger partial charge in [0, 0.05) is 35.2 Å². The number of hydrogen-bond acceptors (Lipinski definition) is 13. The van der Waals surface area contributed by atoms with Crippen LogP contribution < -0.4 is 20.4 Å². The zero-order chi connectivity index (χ0) is 33.8. The first-order chi connectivity index (χ1) is 23.2. The van der Waals surface area contributed by atoms with E-state index in [0.717, 1.165) is 28.2 Å². The number of allylic oxidation sites excluding steroid dienone is 1. The average molecular weight is 691 g/mol. The Hall–Kier alpha value is -5.22. The van der Waals surface area contributed by atoms with Crippen molar-refractivity contribution >= 4 is 57.4 Å². The van der Waals surface area contributed by atoms with E-state index in [4.69, 9.17) is 24.9 Å². The number of thioether (sulfide) groups is 1. The summed E-state index contributed by atoms with van der Waals surface area (Å²) in [6, 6.07) is 10.1. The Kier molecular flexibility index (Phi) is 9.72. The fourth-order valence-electron chi connectivity index (χ4n) is 5.19. The van der Waals surface area contributed by atoms with Gasteiger partial charge in [0.15, 0.2) is 29.3 Å². The van der Waals surface area contributed by atoms with Gasteiger partial charge in [-0.2, -0.15) is 0 Å². The minimum Gasteiger partial charge on any atom is -0.497 e. The monoisotopic (exact) mass is 690 g/mol. The highest BCUT2D eigenvalue weighted by molar-refractivity contribution is 8.00. The second kappa shape index (κ2) is 14.3. The number of anilines is 1. The number of thiazole rings is 1. The van der Waals surface area contributed by atoms with Gasteiger partial charge in [-0.25, -0.2) is 14.3 Å². The zero-order valence-electron chi connectivity index (χ0n) is 26.2. The number of aryl methyl sites for hydroxylation is 1. The SMILES string of the molecule is CO/N=C(\C(=O)N[C@@H]1C(=O)N2C(C(=O)OCc3ccc(OC)cc3)=C(/C=C/C3CC(c4cc[n+](C)cc4)=NO3)CS[C@H]12)c1csc(N)n1. The Morgan fingerprint density at radius 3 is 2.67 bits per heavy atom. The molecule has 0 aliphatic carbocycles. The second-order valence-corrected chi connectivity index (χ2v) is 12.8. The number of hydrogen-bond donors (Lipinski definition) is 2. The molecule has 6 rings (SSSR count). The Morgan fingerprint density at radius 2 is 1.98 bits per heavy atom. The number of oxime groups is 2. The number of carbonyl (C=O) groups is 3. The van der Waals surface area contributed by atoms with Crippen molar-refractivity contribution in [1.29, 1.82) is 0 Å². The molecule has 1 aromatic carbocycles. The minimum atomic E-state index is -0.933. The number of methoxy groups -OCH3 is 1. The van der Waals surface area contributed by atoms with E-state index in [9.17, 15) is 14.4 Å². The molecule has 5 heterocycles. The number of β-lactam (4-membered cyclic amide) rings is 1. The molecule has 2 aromatic heterocycles. The maximum Gasteiger partial charge on any atom is 0.355 e. The van der Waals surface area contributed by atoms with Crippen molar-refractivity contribution < 1.29 is 38.1 Å². The Morgan fingerprint density at radius 1 is 1.21 bits per heavy atom. The molecule has 3 N–H and O–H groups in total. The van der Waals surface area contributed by atoms with E-state index in [0.29, 0.717) is 23.5 Å². The number of pyridine rings is 1. The van der Waals surface area contributed by atoms with Crippen LogP contribution in [0.15, 0.2) is 87.9 Å². The number of aromatic nitrogens is 2.